The molecular formula is C16H16ClNO4S2. The van der Waals surface area contributed by atoms with Gasteiger partial charge in [0.15, 0.2) is 9.84 Å². The molecular weight excluding hydrogens is 370 g/mol. The third-order valence-electron chi connectivity index (χ3n) is 3.14. The molecule has 0 fully saturated rings. The molecule has 0 aliphatic heterocycles. The second kappa shape index (κ2) is 8.50. The molecule has 5 nitrogen and oxygen atoms in total. The van der Waals surface area contributed by atoms with Crippen molar-refractivity contribution in [2.45, 2.75) is 16.0 Å². The number of non-ortho nitro benzene ring substituents is 1. The Morgan fingerprint density at radius 3 is 2.29 bits per heavy atom. The van der Waals surface area contributed by atoms with E-state index in [1.165, 1.54) is 23.9 Å². The first-order chi connectivity index (χ1) is 11.4. The molecule has 0 aliphatic rings. The molecule has 0 unspecified atom stereocenters. The van der Waals surface area contributed by atoms with Crippen LogP contribution in [0.25, 0.3) is 0 Å². The Labute approximate surface area is 150 Å². The van der Waals surface area contributed by atoms with Crippen molar-refractivity contribution in [1.82, 2.24) is 0 Å². The summed E-state index contributed by atoms with van der Waals surface area (Å²) >= 11 is 7.53. The van der Waals surface area contributed by atoms with Crippen molar-refractivity contribution in [3.05, 3.63) is 70.3 Å². The van der Waals surface area contributed by atoms with Gasteiger partial charge in [-0.05, 0) is 17.7 Å². The first kappa shape index (κ1) is 18.8. The Bertz CT molecular complexity index is 779. The number of hydrogen-bond acceptors (Lipinski definition) is 5. The lowest BCUT2D eigenvalue weighted by molar-refractivity contribution is -0.384. The van der Waals surface area contributed by atoms with Crippen molar-refractivity contribution >= 4 is 38.9 Å². The first-order valence-electron chi connectivity index (χ1n) is 7.11. The van der Waals surface area contributed by atoms with Crippen molar-refractivity contribution in [2.24, 2.45) is 0 Å². The maximum Gasteiger partial charge on any atom is 0.269 e. The van der Waals surface area contributed by atoms with Crippen LogP contribution in [0.3, 0.4) is 0 Å². The standard InChI is InChI=1S/C16H16ClNO4S2/c17-14(10-23-16-8-6-15(7-9-16)18(19)20)12-24(21,22)11-13-4-2-1-3-5-13/h1-9,14H,10-12H2/t14-/m0/s1. The predicted molar refractivity (Wildman–Crippen MR) is 97.4 cm³/mol. The molecule has 0 bridgehead atoms. The fourth-order valence-electron chi connectivity index (χ4n) is 2.06. The maximum absolute atomic E-state index is 12.2. The van der Waals surface area contributed by atoms with Crippen LogP contribution < -0.4 is 0 Å². The zero-order valence-corrected chi connectivity index (χ0v) is 15.1. The van der Waals surface area contributed by atoms with Gasteiger partial charge in [-0.25, -0.2) is 8.42 Å². The molecule has 0 radical (unpaired) electrons. The number of sulfone groups is 1. The number of thioether (sulfide) groups is 1. The molecule has 0 aromatic heterocycles. The summed E-state index contributed by atoms with van der Waals surface area (Å²) < 4.78 is 24.3. The van der Waals surface area contributed by atoms with Gasteiger partial charge in [-0.15, -0.1) is 23.4 Å². The summed E-state index contributed by atoms with van der Waals surface area (Å²) in [6.07, 6.45) is 0. The predicted octanol–water partition coefficient (Wildman–Crippen LogP) is 3.91. The average Bonchev–Trinajstić information content (AvgIpc) is 2.53. The zero-order chi connectivity index (χ0) is 17.6. The van der Waals surface area contributed by atoms with Gasteiger partial charge in [0.2, 0.25) is 0 Å². The van der Waals surface area contributed by atoms with Crippen LogP contribution in [0.1, 0.15) is 5.56 Å². The second-order valence-electron chi connectivity index (χ2n) is 5.20. The van der Waals surface area contributed by atoms with Crippen LogP contribution in [0.15, 0.2) is 59.5 Å². The van der Waals surface area contributed by atoms with E-state index >= 15 is 0 Å². The minimum Gasteiger partial charge on any atom is -0.258 e. The molecule has 0 heterocycles. The Kier molecular flexibility index (Phi) is 6.65. The molecule has 0 saturated heterocycles. The third kappa shape index (κ3) is 6.14. The highest BCUT2D eigenvalue weighted by molar-refractivity contribution is 7.99. The van der Waals surface area contributed by atoms with Crippen LogP contribution >= 0.6 is 23.4 Å². The van der Waals surface area contributed by atoms with E-state index in [0.717, 1.165) is 10.5 Å². The van der Waals surface area contributed by atoms with Crippen LogP contribution in [0.2, 0.25) is 0 Å². The summed E-state index contributed by atoms with van der Waals surface area (Å²) in [5.74, 6) is 0.274. The van der Waals surface area contributed by atoms with Crippen molar-refractivity contribution in [1.29, 1.82) is 0 Å². The first-order valence-corrected chi connectivity index (χ1v) is 10.4. The third-order valence-corrected chi connectivity index (χ3v) is 6.68. The fourth-order valence-corrected chi connectivity index (χ4v) is 5.28. The van der Waals surface area contributed by atoms with E-state index in [1.54, 1.807) is 36.4 Å². The maximum atomic E-state index is 12.2. The van der Waals surface area contributed by atoms with E-state index in [9.17, 15) is 18.5 Å². The van der Waals surface area contributed by atoms with Crippen molar-refractivity contribution in [2.75, 3.05) is 11.5 Å². The zero-order valence-electron chi connectivity index (χ0n) is 12.7. The number of rotatable bonds is 8. The molecule has 128 valence electrons. The van der Waals surface area contributed by atoms with Gasteiger partial charge < -0.3 is 0 Å². The molecule has 8 heteroatoms. The normalized spacial score (nSPS) is 12.7. The van der Waals surface area contributed by atoms with Crippen LogP contribution in [0, 0.1) is 10.1 Å². The summed E-state index contributed by atoms with van der Waals surface area (Å²) in [6.45, 7) is 0. The number of nitro benzene ring substituents is 1. The van der Waals surface area contributed by atoms with Crippen LogP contribution in [0.4, 0.5) is 5.69 Å². The molecule has 0 spiro atoms. The molecule has 2 aromatic carbocycles. The topological polar surface area (TPSA) is 77.3 Å². The van der Waals surface area contributed by atoms with Crippen molar-refractivity contribution in [3.63, 3.8) is 0 Å². The van der Waals surface area contributed by atoms with Gasteiger partial charge in [0.1, 0.15) is 0 Å². The number of benzene rings is 2. The molecule has 1 atom stereocenters. The van der Waals surface area contributed by atoms with Gasteiger partial charge in [0.05, 0.1) is 21.8 Å². The molecule has 0 N–H and O–H groups in total. The van der Waals surface area contributed by atoms with Gasteiger partial charge >= 0.3 is 0 Å². The minimum absolute atomic E-state index is 0.0206. The van der Waals surface area contributed by atoms with Gasteiger partial charge in [-0.1, -0.05) is 30.3 Å². The van der Waals surface area contributed by atoms with E-state index in [-0.39, 0.29) is 17.2 Å². The summed E-state index contributed by atoms with van der Waals surface area (Å²) in [5, 5.41) is 10.1. The highest BCUT2D eigenvalue weighted by atomic mass is 35.5. The quantitative estimate of drug-likeness (QED) is 0.298. The van der Waals surface area contributed by atoms with E-state index in [4.69, 9.17) is 11.6 Å². The van der Waals surface area contributed by atoms with Crippen LogP contribution in [-0.2, 0) is 15.6 Å². The largest absolute Gasteiger partial charge is 0.269 e. The lowest BCUT2D eigenvalue weighted by Crippen LogP contribution is -2.19. The highest BCUT2D eigenvalue weighted by Crippen LogP contribution is 2.24. The number of nitro groups is 1. The van der Waals surface area contributed by atoms with E-state index in [0.29, 0.717) is 5.75 Å². The molecule has 0 aliphatic carbocycles. The summed E-state index contributed by atoms with van der Waals surface area (Å²) in [6, 6.07) is 15.1. The van der Waals surface area contributed by atoms with Crippen molar-refractivity contribution < 1.29 is 13.3 Å². The lowest BCUT2D eigenvalue weighted by atomic mass is 10.2. The smallest absolute Gasteiger partial charge is 0.258 e. The summed E-state index contributed by atoms with van der Waals surface area (Å²) in [4.78, 5) is 10.9. The van der Waals surface area contributed by atoms with Gasteiger partial charge in [-0.2, -0.15) is 0 Å². The minimum atomic E-state index is -3.29. The van der Waals surface area contributed by atoms with Gasteiger partial charge in [-0.3, -0.25) is 10.1 Å². The summed E-state index contributed by atoms with van der Waals surface area (Å²) in [7, 11) is -3.29. The number of halogens is 1. The number of hydrogen-bond donors (Lipinski definition) is 0. The number of nitrogens with zero attached hydrogens (tertiary/aromatic N) is 1. The Balaban J connectivity index is 1.86. The van der Waals surface area contributed by atoms with Gasteiger partial charge in [0, 0.05) is 22.8 Å². The molecule has 24 heavy (non-hydrogen) atoms. The average molecular weight is 386 g/mol. The van der Waals surface area contributed by atoms with Crippen LogP contribution in [-0.4, -0.2) is 30.2 Å². The molecule has 0 amide bonds. The Morgan fingerprint density at radius 1 is 1.08 bits per heavy atom. The van der Waals surface area contributed by atoms with E-state index in [2.05, 4.69) is 0 Å². The Hall–Kier alpha value is -1.57. The lowest BCUT2D eigenvalue weighted by Gasteiger charge is -2.10. The van der Waals surface area contributed by atoms with E-state index < -0.39 is 20.1 Å². The molecule has 2 rings (SSSR count). The molecule has 0 saturated carbocycles. The number of alkyl halides is 1. The second-order valence-corrected chi connectivity index (χ2v) is 9.02. The SMILES string of the molecule is O=[N+]([O-])c1ccc(SC[C@H](Cl)CS(=O)(=O)Cc2ccccc2)cc1. The summed E-state index contributed by atoms with van der Waals surface area (Å²) in [5.41, 5.74) is 0.761. The highest BCUT2D eigenvalue weighted by Gasteiger charge is 2.18. The fraction of sp³-hybridized carbons (Fsp3) is 0.250. The monoisotopic (exact) mass is 385 g/mol. The van der Waals surface area contributed by atoms with Crippen molar-refractivity contribution in [3.8, 4) is 0 Å². The van der Waals surface area contributed by atoms with E-state index in [1.807, 2.05) is 6.07 Å². The Morgan fingerprint density at radius 2 is 1.71 bits per heavy atom. The van der Waals surface area contributed by atoms with Crippen LogP contribution in [0.5, 0.6) is 0 Å². The van der Waals surface area contributed by atoms with Gasteiger partial charge in [0.25, 0.3) is 5.69 Å². The molecule has 2 aromatic rings.